The Balaban J connectivity index is 2.06. The van der Waals surface area contributed by atoms with Crippen molar-refractivity contribution >= 4 is 23.0 Å². The predicted molar refractivity (Wildman–Crippen MR) is 63.8 cm³/mol. The number of esters is 1. The molecule has 2 heterocycles. The highest BCUT2D eigenvalue weighted by Crippen LogP contribution is 2.12. The van der Waals surface area contributed by atoms with Gasteiger partial charge in [0.05, 0.1) is 30.7 Å². The summed E-state index contributed by atoms with van der Waals surface area (Å²) in [5.74, 6) is -0.385. The molecule has 0 radical (unpaired) electrons. The van der Waals surface area contributed by atoms with E-state index in [0.29, 0.717) is 23.8 Å². The lowest BCUT2D eigenvalue weighted by atomic mass is 10.5. The van der Waals surface area contributed by atoms with E-state index in [9.17, 15) is 4.79 Å². The zero-order chi connectivity index (χ0) is 12.3. The molecule has 0 spiro atoms. The molecule has 0 fully saturated rings. The van der Waals surface area contributed by atoms with E-state index >= 15 is 0 Å². The van der Waals surface area contributed by atoms with E-state index in [4.69, 9.17) is 10.5 Å². The molecule has 2 N–H and O–H groups in total. The number of thiazole rings is 1. The van der Waals surface area contributed by atoms with Gasteiger partial charge >= 0.3 is 5.97 Å². The summed E-state index contributed by atoms with van der Waals surface area (Å²) in [6.45, 7) is 2.61. The highest BCUT2D eigenvalue weighted by molar-refractivity contribution is 7.11. The Bertz CT molecular complexity index is 520. The van der Waals surface area contributed by atoms with Crippen LogP contribution in [0.5, 0.6) is 0 Å². The minimum atomic E-state index is -0.385. The third-order valence-electron chi connectivity index (χ3n) is 1.98. The second-order valence-electron chi connectivity index (χ2n) is 3.34. The zero-order valence-corrected chi connectivity index (χ0v) is 10.1. The lowest BCUT2D eigenvalue weighted by molar-refractivity contribution is 0.0525. The van der Waals surface area contributed by atoms with Gasteiger partial charge in [-0.05, 0) is 6.92 Å². The number of nitrogens with two attached hydrogens (primary N) is 1. The van der Waals surface area contributed by atoms with Crippen molar-refractivity contribution in [1.29, 1.82) is 0 Å². The third kappa shape index (κ3) is 2.82. The quantitative estimate of drug-likeness (QED) is 0.825. The molecule has 0 unspecified atom stereocenters. The Morgan fingerprint density at radius 3 is 3.12 bits per heavy atom. The van der Waals surface area contributed by atoms with Gasteiger partial charge in [0, 0.05) is 11.6 Å². The molecule has 0 atom stereocenters. The summed E-state index contributed by atoms with van der Waals surface area (Å²) in [4.78, 5) is 15.6. The molecule has 0 aliphatic rings. The summed E-state index contributed by atoms with van der Waals surface area (Å²) < 4.78 is 6.53. The normalized spacial score (nSPS) is 10.4. The Hall–Kier alpha value is -1.89. The third-order valence-corrected chi connectivity index (χ3v) is 2.85. The van der Waals surface area contributed by atoms with Crippen LogP contribution in [0.3, 0.4) is 0 Å². The lowest BCUT2D eigenvalue weighted by Crippen LogP contribution is -2.05. The Morgan fingerprint density at radius 2 is 2.47 bits per heavy atom. The first-order chi connectivity index (χ1) is 8.19. The second kappa shape index (κ2) is 4.96. The monoisotopic (exact) mass is 252 g/mol. The van der Waals surface area contributed by atoms with Crippen molar-refractivity contribution < 1.29 is 9.53 Å². The minimum Gasteiger partial charge on any atom is -0.461 e. The van der Waals surface area contributed by atoms with Gasteiger partial charge in [0.25, 0.3) is 0 Å². The van der Waals surface area contributed by atoms with Gasteiger partial charge in [0.2, 0.25) is 5.01 Å². The first kappa shape index (κ1) is 11.6. The van der Waals surface area contributed by atoms with Crippen LogP contribution in [0.2, 0.25) is 0 Å². The van der Waals surface area contributed by atoms with Gasteiger partial charge < -0.3 is 10.5 Å². The second-order valence-corrected chi connectivity index (χ2v) is 4.19. The summed E-state index contributed by atoms with van der Waals surface area (Å²) in [5, 5.41) is 6.21. The molecule has 0 saturated heterocycles. The molecule has 2 aromatic rings. The predicted octanol–water partition coefficient (Wildman–Crippen LogP) is 1.15. The lowest BCUT2D eigenvalue weighted by Gasteiger charge is -1.97. The average Bonchev–Trinajstić information content (AvgIpc) is 2.89. The van der Waals surface area contributed by atoms with Crippen molar-refractivity contribution in [3.8, 4) is 0 Å². The van der Waals surface area contributed by atoms with Crippen LogP contribution in [0.15, 0.2) is 17.8 Å². The smallest absolute Gasteiger partial charge is 0.367 e. The van der Waals surface area contributed by atoms with E-state index in [1.165, 1.54) is 11.3 Å². The molecule has 2 rings (SSSR count). The SMILES string of the molecule is CCOC(=O)c1nc(Cn2cc(N)cn2)cs1. The van der Waals surface area contributed by atoms with Gasteiger partial charge in [-0.2, -0.15) is 5.10 Å². The summed E-state index contributed by atoms with van der Waals surface area (Å²) in [5.41, 5.74) is 6.92. The molecule has 0 amide bonds. The van der Waals surface area contributed by atoms with E-state index in [0.717, 1.165) is 5.69 Å². The van der Waals surface area contributed by atoms with Crippen molar-refractivity contribution in [3.05, 3.63) is 28.5 Å². The average molecular weight is 252 g/mol. The van der Waals surface area contributed by atoms with Gasteiger partial charge in [-0.15, -0.1) is 11.3 Å². The van der Waals surface area contributed by atoms with Crippen molar-refractivity contribution in [2.24, 2.45) is 0 Å². The Kier molecular flexibility index (Phi) is 3.38. The fourth-order valence-corrected chi connectivity index (χ4v) is 2.00. The molecule has 0 saturated carbocycles. The number of hydrogen-bond acceptors (Lipinski definition) is 6. The standard InChI is InChI=1S/C10H12N4O2S/c1-2-16-10(15)9-13-8(6-17-9)5-14-4-7(11)3-12-14/h3-4,6H,2,5,11H2,1H3. The number of carbonyl (C=O) groups excluding carboxylic acids is 1. The Morgan fingerprint density at radius 1 is 1.65 bits per heavy atom. The van der Waals surface area contributed by atoms with Gasteiger partial charge in [0.1, 0.15) is 0 Å². The number of nitrogen functional groups attached to an aromatic ring is 1. The molecule has 0 aliphatic carbocycles. The van der Waals surface area contributed by atoms with E-state index < -0.39 is 0 Å². The number of ether oxygens (including phenoxy) is 1. The molecular formula is C10H12N4O2S. The first-order valence-corrected chi connectivity index (χ1v) is 5.96. The molecular weight excluding hydrogens is 240 g/mol. The van der Waals surface area contributed by atoms with Crippen molar-refractivity contribution in [3.63, 3.8) is 0 Å². The highest BCUT2D eigenvalue weighted by Gasteiger charge is 2.12. The number of carbonyl (C=O) groups is 1. The van der Waals surface area contributed by atoms with E-state index in [2.05, 4.69) is 10.1 Å². The van der Waals surface area contributed by atoms with Gasteiger partial charge in [-0.1, -0.05) is 0 Å². The number of anilines is 1. The van der Waals surface area contributed by atoms with Crippen molar-refractivity contribution in [2.75, 3.05) is 12.3 Å². The van der Waals surface area contributed by atoms with E-state index in [-0.39, 0.29) is 5.97 Å². The van der Waals surface area contributed by atoms with Crippen LogP contribution >= 0.6 is 11.3 Å². The fourth-order valence-electron chi connectivity index (χ4n) is 1.30. The maximum Gasteiger partial charge on any atom is 0.367 e. The Labute approximate surface area is 102 Å². The van der Waals surface area contributed by atoms with Gasteiger partial charge in [-0.25, -0.2) is 9.78 Å². The first-order valence-electron chi connectivity index (χ1n) is 5.08. The van der Waals surface area contributed by atoms with Crippen molar-refractivity contribution in [1.82, 2.24) is 14.8 Å². The van der Waals surface area contributed by atoms with Gasteiger partial charge in [-0.3, -0.25) is 4.68 Å². The topological polar surface area (TPSA) is 83.0 Å². The maximum atomic E-state index is 11.4. The fraction of sp³-hybridized carbons (Fsp3) is 0.300. The molecule has 0 aliphatic heterocycles. The van der Waals surface area contributed by atoms with Crippen LogP contribution in [0.4, 0.5) is 5.69 Å². The highest BCUT2D eigenvalue weighted by atomic mass is 32.1. The number of nitrogens with zero attached hydrogens (tertiary/aromatic N) is 3. The number of hydrogen-bond donors (Lipinski definition) is 1. The maximum absolute atomic E-state index is 11.4. The molecule has 17 heavy (non-hydrogen) atoms. The molecule has 0 aromatic carbocycles. The summed E-state index contributed by atoms with van der Waals surface area (Å²) in [6.07, 6.45) is 3.28. The van der Waals surface area contributed by atoms with Crippen LogP contribution in [0.1, 0.15) is 22.4 Å². The number of aromatic nitrogens is 3. The molecule has 0 bridgehead atoms. The van der Waals surface area contributed by atoms with Crippen LogP contribution in [0, 0.1) is 0 Å². The zero-order valence-electron chi connectivity index (χ0n) is 9.29. The molecule has 2 aromatic heterocycles. The van der Waals surface area contributed by atoms with Crippen LogP contribution < -0.4 is 5.73 Å². The van der Waals surface area contributed by atoms with E-state index in [1.807, 2.05) is 5.38 Å². The molecule has 90 valence electrons. The number of rotatable bonds is 4. The van der Waals surface area contributed by atoms with Crippen LogP contribution in [-0.4, -0.2) is 27.3 Å². The summed E-state index contributed by atoms with van der Waals surface area (Å²) in [7, 11) is 0. The minimum absolute atomic E-state index is 0.351. The van der Waals surface area contributed by atoms with Crippen LogP contribution in [0.25, 0.3) is 0 Å². The largest absolute Gasteiger partial charge is 0.461 e. The van der Waals surface area contributed by atoms with Crippen molar-refractivity contribution in [2.45, 2.75) is 13.5 Å². The van der Waals surface area contributed by atoms with Gasteiger partial charge in [0.15, 0.2) is 0 Å². The summed E-state index contributed by atoms with van der Waals surface area (Å²) in [6, 6.07) is 0. The summed E-state index contributed by atoms with van der Waals surface area (Å²) >= 11 is 1.27. The molecule has 6 nitrogen and oxygen atoms in total. The van der Waals surface area contributed by atoms with Crippen LogP contribution in [-0.2, 0) is 11.3 Å². The van der Waals surface area contributed by atoms with E-state index in [1.54, 1.807) is 24.0 Å². The molecule has 7 heteroatoms.